The minimum Gasteiger partial charge on any atom is -0.496 e. The third-order valence-corrected chi connectivity index (χ3v) is 5.64. The monoisotopic (exact) mass is 433 g/mol. The van der Waals surface area contributed by atoms with Gasteiger partial charge in [0.15, 0.2) is 5.41 Å². The molecule has 31 heavy (non-hydrogen) atoms. The van der Waals surface area contributed by atoms with Gasteiger partial charge in [-0.05, 0) is 48.2 Å². The molecule has 0 saturated heterocycles. The van der Waals surface area contributed by atoms with Crippen molar-refractivity contribution in [1.29, 1.82) is 0 Å². The summed E-state index contributed by atoms with van der Waals surface area (Å²) in [6.45, 7) is 3.68. The summed E-state index contributed by atoms with van der Waals surface area (Å²) in [7, 11) is 2.61. The van der Waals surface area contributed by atoms with Crippen LogP contribution in [0.25, 0.3) is 0 Å². The molecule has 0 bridgehead atoms. The number of rotatable bonds is 5. The number of halogens is 3. The zero-order chi connectivity index (χ0) is 22.8. The van der Waals surface area contributed by atoms with E-state index in [4.69, 9.17) is 9.47 Å². The molecule has 1 aliphatic rings. The third-order valence-electron chi connectivity index (χ3n) is 5.64. The number of nitrogens with one attached hydrogen (secondary N) is 1. The Kier molecular flexibility index (Phi) is 6.10. The molecule has 1 heterocycles. The Morgan fingerprint density at radius 1 is 1.26 bits per heavy atom. The smallest absolute Gasteiger partial charge is 0.416 e. The molecular formula is C23H22F3NO4. The quantitative estimate of drug-likeness (QED) is 0.421. The number of esters is 1. The average molecular weight is 433 g/mol. The van der Waals surface area contributed by atoms with Crippen LogP contribution < -0.4 is 10.1 Å². The molecule has 1 aliphatic heterocycles. The molecular weight excluding hydrogens is 411 g/mol. The van der Waals surface area contributed by atoms with Gasteiger partial charge in [-0.2, -0.15) is 13.2 Å². The predicted molar refractivity (Wildman–Crippen MR) is 109 cm³/mol. The number of fused-ring (bicyclic) bond motifs is 1. The Morgan fingerprint density at radius 2 is 1.97 bits per heavy atom. The van der Waals surface area contributed by atoms with Gasteiger partial charge in [0.1, 0.15) is 5.75 Å². The van der Waals surface area contributed by atoms with E-state index in [-0.39, 0.29) is 24.1 Å². The van der Waals surface area contributed by atoms with Gasteiger partial charge in [-0.25, -0.2) is 0 Å². The van der Waals surface area contributed by atoms with E-state index in [1.54, 1.807) is 24.3 Å². The summed E-state index contributed by atoms with van der Waals surface area (Å²) in [5.74, 6) is -1.93. The van der Waals surface area contributed by atoms with E-state index in [9.17, 15) is 22.8 Å². The summed E-state index contributed by atoms with van der Waals surface area (Å²) >= 11 is 0. The zero-order valence-electron chi connectivity index (χ0n) is 17.1. The lowest BCUT2D eigenvalue weighted by atomic mass is 9.67. The SMILES string of the molecule is C=CCC1(C(=O)OC)C(=O)Nc2ccc(C(F)(F)F)cc2CC1c1ccccc1OC. The number of para-hydroxylation sites is 1. The fourth-order valence-corrected chi connectivity index (χ4v) is 4.14. The van der Waals surface area contributed by atoms with Gasteiger partial charge in [0.25, 0.3) is 0 Å². The summed E-state index contributed by atoms with van der Waals surface area (Å²) in [6.07, 6.45) is -3.22. The number of alkyl halides is 3. The molecule has 1 N–H and O–H groups in total. The minimum absolute atomic E-state index is 0.0265. The maximum Gasteiger partial charge on any atom is 0.416 e. The van der Waals surface area contributed by atoms with Crippen LogP contribution in [0.4, 0.5) is 18.9 Å². The molecule has 2 atom stereocenters. The van der Waals surface area contributed by atoms with Gasteiger partial charge in [-0.1, -0.05) is 24.3 Å². The van der Waals surface area contributed by atoms with E-state index in [1.807, 2.05) is 0 Å². The number of hydrogen-bond acceptors (Lipinski definition) is 4. The number of ether oxygens (including phenoxy) is 2. The van der Waals surface area contributed by atoms with Crippen LogP contribution in [0.15, 0.2) is 55.1 Å². The van der Waals surface area contributed by atoms with E-state index in [2.05, 4.69) is 11.9 Å². The van der Waals surface area contributed by atoms with Crippen LogP contribution in [0.3, 0.4) is 0 Å². The topological polar surface area (TPSA) is 64.6 Å². The van der Waals surface area contributed by atoms with Crippen molar-refractivity contribution in [1.82, 2.24) is 0 Å². The first kappa shape index (κ1) is 22.4. The fourth-order valence-electron chi connectivity index (χ4n) is 4.14. The molecule has 0 fully saturated rings. The standard InChI is InChI=1S/C23H22F3NO4/c1-4-11-22(21(29)31-3)17(16-7-5-6-8-19(16)30-2)13-14-12-15(23(24,25)26)9-10-18(14)27-20(22)28/h4-10,12,17H,1,11,13H2,2-3H3,(H,27,28). The van der Waals surface area contributed by atoms with E-state index >= 15 is 0 Å². The maximum absolute atomic E-state index is 13.4. The first-order valence-corrected chi connectivity index (χ1v) is 9.52. The van der Waals surface area contributed by atoms with E-state index in [0.29, 0.717) is 11.3 Å². The molecule has 3 rings (SSSR count). The summed E-state index contributed by atoms with van der Waals surface area (Å²) in [6, 6.07) is 9.90. The summed E-state index contributed by atoms with van der Waals surface area (Å²) in [4.78, 5) is 26.5. The average Bonchev–Trinajstić information content (AvgIpc) is 2.87. The second kappa shape index (κ2) is 8.45. The first-order valence-electron chi connectivity index (χ1n) is 9.52. The van der Waals surface area contributed by atoms with E-state index in [0.717, 1.165) is 12.1 Å². The Morgan fingerprint density at radius 3 is 2.58 bits per heavy atom. The van der Waals surface area contributed by atoms with Crippen molar-refractivity contribution in [2.24, 2.45) is 5.41 Å². The van der Waals surface area contributed by atoms with Gasteiger partial charge >= 0.3 is 12.1 Å². The van der Waals surface area contributed by atoms with Crippen LogP contribution in [0.5, 0.6) is 5.75 Å². The minimum atomic E-state index is -4.55. The lowest BCUT2D eigenvalue weighted by Gasteiger charge is -2.35. The Bertz CT molecular complexity index is 1020. The van der Waals surface area contributed by atoms with Crippen molar-refractivity contribution in [3.05, 3.63) is 71.8 Å². The Hall–Kier alpha value is -3.29. The Balaban J connectivity index is 2.30. The number of benzene rings is 2. The number of anilines is 1. The molecule has 5 nitrogen and oxygen atoms in total. The highest BCUT2D eigenvalue weighted by molar-refractivity contribution is 6.11. The van der Waals surface area contributed by atoms with Gasteiger partial charge in [-0.3, -0.25) is 9.59 Å². The summed E-state index contributed by atoms with van der Waals surface area (Å²) in [5.41, 5.74) is -1.60. The lowest BCUT2D eigenvalue weighted by molar-refractivity contribution is -0.158. The van der Waals surface area contributed by atoms with Crippen molar-refractivity contribution >= 4 is 17.6 Å². The Labute approximate surface area is 177 Å². The zero-order valence-corrected chi connectivity index (χ0v) is 17.1. The molecule has 0 aromatic heterocycles. The molecule has 2 aromatic rings. The van der Waals surface area contributed by atoms with Crippen LogP contribution in [0.2, 0.25) is 0 Å². The van der Waals surface area contributed by atoms with Crippen molar-refractivity contribution in [3.63, 3.8) is 0 Å². The number of amides is 1. The third kappa shape index (κ3) is 3.89. The molecule has 8 heteroatoms. The van der Waals surface area contributed by atoms with E-state index in [1.165, 1.54) is 26.4 Å². The highest BCUT2D eigenvalue weighted by atomic mass is 19.4. The second-order valence-electron chi connectivity index (χ2n) is 7.28. The van der Waals surface area contributed by atoms with Crippen molar-refractivity contribution in [2.75, 3.05) is 19.5 Å². The highest BCUT2D eigenvalue weighted by Crippen LogP contribution is 2.49. The van der Waals surface area contributed by atoms with Crippen molar-refractivity contribution < 1.29 is 32.2 Å². The van der Waals surface area contributed by atoms with E-state index < -0.39 is 34.9 Å². The number of hydrogen-bond donors (Lipinski definition) is 1. The summed E-state index contributed by atoms with van der Waals surface area (Å²) < 4.78 is 50.4. The molecule has 2 aromatic carbocycles. The van der Waals surface area contributed by atoms with Crippen LogP contribution in [0, 0.1) is 5.41 Å². The van der Waals surface area contributed by atoms with Gasteiger partial charge in [0.05, 0.1) is 19.8 Å². The van der Waals surface area contributed by atoms with Crippen LogP contribution >= 0.6 is 0 Å². The van der Waals surface area contributed by atoms with Gasteiger partial charge in [0.2, 0.25) is 5.91 Å². The maximum atomic E-state index is 13.4. The van der Waals surface area contributed by atoms with Gasteiger partial charge in [0, 0.05) is 11.6 Å². The van der Waals surface area contributed by atoms with Crippen molar-refractivity contribution in [3.8, 4) is 5.75 Å². The van der Waals surface area contributed by atoms with Crippen LogP contribution in [-0.2, 0) is 26.9 Å². The largest absolute Gasteiger partial charge is 0.496 e. The number of carbonyl (C=O) groups excluding carboxylic acids is 2. The highest BCUT2D eigenvalue weighted by Gasteiger charge is 2.55. The van der Waals surface area contributed by atoms with Gasteiger partial charge in [-0.15, -0.1) is 6.58 Å². The molecule has 1 amide bonds. The number of allylic oxidation sites excluding steroid dienone is 1. The molecule has 0 radical (unpaired) electrons. The molecule has 0 saturated carbocycles. The predicted octanol–water partition coefficient (Wildman–Crippen LogP) is 4.73. The lowest BCUT2D eigenvalue weighted by Crippen LogP contribution is -2.47. The fraction of sp³-hybridized carbons (Fsp3) is 0.304. The molecule has 0 spiro atoms. The van der Waals surface area contributed by atoms with Crippen LogP contribution in [-0.4, -0.2) is 26.1 Å². The molecule has 164 valence electrons. The molecule has 0 aliphatic carbocycles. The normalized spacial score (nSPS) is 20.8. The first-order chi connectivity index (χ1) is 14.7. The van der Waals surface area contributed by atoms with Crippen molar-refractivity contribution in [2.45, 2.75) is 24.9 Å². The van der Waals surface area contributed by atoms with Crippen LogP contribution in [0.1, 0.15) is 29.0 Å². The number of methoxy groups -OCH3 is 2. The molecule has 2 unspecified atom stereocenters. The second-order valence-corrected chi connectivity index (χ2v) is 7.28. The summed E-state index contributed by atoms with van der Waals surface area (Å²) in [5, 5.41) is 2.63. The van der Waals surface area contributed by atoms with Gasteiger partial charge < -0.3 is 14.8 Å². The number of carbonyl (C=O) groups is 2.